The van der Waals surface area contributed by atoms with Crippen molar-refractivity contribution < 1.29 is 19.1 Å². The fraction of sp³-hybridized carbons (Fsp3) is 0.125. The normalized spacial score (nSPS) is 12.8. The van der Waals surface area contributed by atoms with Gasteiger partial charge in [-0.2, -0.15) is 0 Å². The Labute approximate surface area is 173 Å². The Bertz CT molecular complexity index is 1130. The van der Waals surface area contributed by atoms with E-state index in [1.54, 1.807) is 24.3 Å². The van der Waals surface area contributed by atoms with Crippen LogP contribution in [-0.4, -0.2) is 17.8 Å². The lowest BCUT2D eigenvalue weighted by molar-refractivity contribution is -0.134. The number of carbonyl (C=O) groups excluding carboxylic acids is 3. The first-order valence-corrected chi connectivity index (χ1v) is 9.57. The van der Waals surface area contributed by atoms with Gasteiger partial charge in [-0.05, 0) is 61.4 Å². The molecule has 1 aliphatic rings. The fourth-order valence-electron chi connectivity index (χ4n) is 3.32. The van der Waals surface area contributed by atoms with E-state index in [2.05, 4.69) is 0 Å². The van der Waals surface area contributed by atoms with Crippen molar-refractivity contribution in [2.24, 2.45) is 0 Å². The van der Waals surface area contributed by atoms with Gasteiger partial charge in [-0.25, -0.2) is 4.90 Å². The molecule has 0 fully saturated rings. The van der Waals surface area contributed by atoms with Gasteiger partial charge in [0.2, 0.25) is 0 Å². The van der Waals surface area contributed by atoms with E-state index < -0.39 is 11.9 Å². The maximum Gasteiger partial charge on any atom is 0.311 e. The minimum atomic E-state index is -0.432. The molecule has 0 bridgehead atoms. The van der Waals surface area contributed by atoms with Gasteiger partial charge in [-0.15, -0.1) is 0 Å². The molecule has 30 heavy (non-hydrogen) atoms. The van der Waals surface area contributed by atoms with Gasteiger partial charge in [-0.3, -0.25) is 14.4 Å². The van der Waals surface area contributed by atoms with Crippen LogP contribution in [-0.2, 0) is 11.2 Å². The zero-order chi connectivity index (χ0) is 21.3. The van der Waals surface area contributed by atoms with Crippen molar-refractivity contribution in [1.82, 2.24) is 0 Å². The van der Waals surface area contributed by atoms with E-state index >= 15 is 0 Å². The Hall–Kier alpha value is -3.93. The van der Waals surface area contributed by atoms with Crippen LogP contribution < -0.4 is 15.4 Å². The smallest absolute Gasteiger partial charge is 0.311 e. The zero-order valence-electron chi connectivity index (χ0n) is 16.4. The van der Waals surface area contributed by atoms with Crippen LogP contribution in [0.15, 0.2) is 66.7 Å². The number of nitrogen functional groups attached to an aromatic ring is 1. The summed E-state index contributed by atoms with van der Waals surface area (Å²) in [7, 11) is 0. The minimum Gasteiger partial charge on any atom is -0.426 e. The number of amides is 2. The maximum absolute atomic E-state index is 12.8. The van der Waals surface area contributed by atoms with E-state index in [1.807, 2.05) is 31.2 Å². The van der Waals surface area contributed by atoms with Crippen molar-refractivity contribution in [2.75, 3.05) is 10.6 Å². The maximum atomic E-state index is 12.8. The summed E-state index contributed by atoms with van der Waals surface area (Å²) in [6, 6.07) is 18.9. The Balaban J connectivity index is 1.46. The molecule has 2 N–H and O–H groups in total. The van der Waals surface area contributed by atoms with E-state index in [1.165, 1.54) is 18.2 Å². The summed E-state index contributed by atoms with van der Waals surface area (Å²) in [5, 5.41) is 0. The molecule has 0 atom stereocenters. The van der Waals surface area contributed by atoms with Crippen LogP contribution >= 0.6 is 0 Å². The largest absolute Gasteiger partial charge is 0.426 e. The number of nitrogens with two attached hydrogens (primary N) is 1. The minimum absolute atomic E-state index is 0.184. The number of rotatable bonds is 5. The summed E-state index contributed by atoms with van der Waals surface area (Å²) in [5.41, 5.74) is 9.36. The van der Waals surface area contributed by atoms with Crippen molar-refractivity contribution in [3.8, 4) is 5.75 Å². The molecule has 0 saturated heterocycles. The lowest BCUT2D eigenvalue weighted by Crippen LogP contribution is -2.29. The highest BCUT2D eigenvalue weighted by molar-refractivity contribution is 6.34. The number of fused-ring (bicyclic) bond motifs is 1. The summed E-state index contributed by atoms with van der Waals surface area (Å²) in [5.74, 6) is -0.999. The molecule has 0 radical (unpaired) electrons. The van der Waals surface area contributed by atoms with Crippen LogP contribution in [0.5, 0.6) is 5.75 Å². The molecule has 6 heteroatoms. The van der Waals surface area contributed by atoms with Crippen LogP contribution in [0.2, 0.25) is 0 Å². The highest BCUT2D eigenvalue weighted by Crippen LogP contribution is 2.31. The number of hydrogen-bond donors (Lipinski definition) is 1. The summed E-state index contributed by atoms with van der Waals surface area (Å²) in [6.07, 6.45) is 0.700. The van der Waals surface area contributed by atoms with Crippen molar-refractivity contribution in [3.05, 3.63) is 89.0 Å². The zero-order valence-corrected chi connectivity index (χ0v) is 16.4. The van der Waals surface area contributed by atoms with Crippen molar-refractivity contribution in [2.45, 2.75) is 19.8 Å². The molecule has 6 nitrogen and oxygen atoms in total. The van der Waals surface area contributed by atoms with Gasteiger partial charge in [0, 0.05) is 12.1 Å². The van der Waals surface area contributed by atoms with Crippen LogP contribution in [0.25, 0.3) is 0 Å². The van der Waals surface area contributed by atoms with Gasteiger partial charge in [-0.1, -0.05) is 29.8 Å². The lowest BCUT2D eigenvalue weighted by atomic mass is 10.1. The number of aryl methyl sites for hydroxylation is 2. The number of nitrogens with zero attached hydrogens (tertiary/aromatic N) is 1. The highest BCUT2D eigenvalue weighted by Gasteiger charge is 2.37. The molecule has 0 saturated carbocycles. The first-order valence-electron chi connectivity index (χ1n) is 9.57. The lowest BCUT2D eigenvalue weighted by Gasteiger charge is -2.13. The van der Waals surface area contributed by atoms with Crippen LogP contribution in [0.1, 0.15) is 38.3 Å². The van der Waals surface area contributed by atoms with Gasteiger partial charge in [0.05, 0.1) is 16.8 Å². The molecular formula is C24H20N2O4. The standard InChI is InChI=1S/C24H20N2O4/c1-15-2-9-18(10-3-15)26-23(28)20-12-11-19(14-21(20)24(26)29)30-22(27)13-6-16-4-7-17(25)8-5-16/h2-5,7-12,14H,6,13,25H2,1H3. The SMILES string of the molecule is Cc1ccc(N2C(=O)c3ccc(OC(=O)CCc4ccc(N)cc4)cc3C2=O)cc1. The third kappa shape index (κ3) is 3.80. The Kier molecular flexibility index (Phi) is 5.06. The van der Waals surface area contributed by atoms with Gasteiger partial charge < -0.3 is 10.5 Å². The third-order valence-corrected chi connectivity index (χ3v) is 4.98. The van der Waals surface area contributed by atoms with Crippen molar-refractivity contribution in [3.63, 3.8) is 0 Å². The number of ether oxygens (including phenoxy) is 1. The molecule has 0 aliphatic carbocycles. The first-order chi connectivity index (χ1) is 14.4. The van der Waals surface area contributed by atoms with Gasteiger partial charge in [0.1, 0.15) is 5.75 Å². The van der Waals surface area contributed by atoms with Crippen molar-refractivity contribution in [1.29, 1.82) is 0 Å². The van der Waals surface area contributed by atoms with E-state index in [0.29, 0.717) is 23.4 Å². The molecule has 1 heterocycles. The predicted octanol–water partition coefficient (Wildman–Crippen LogP) is 3.92. The fourth-order valence-corrected chi connectivity index (χ4v) is 3.32. The highest BCUT2D eigenvalue weighted by atomic mass is 16.5. The number of anilines is 2. The average molecular weight is 400 g/mol. The van der Waals surface area contributed by atoms with E-state index in [0.717, 1.165) is 16.0 Å². The van der Waals surface area contributed by atoms with E-state index in [-0.39, 0.29) is 23.6 Å². The summed E-state index contributed by atoms with van der Waals surface area (Å²) >= 11 is 0. The van der Waals surface area contributed by atoms with Gasteiger partial charge >= 0.3 is 5.97 Å². The second-order valence-corrected chi connectivity index (χ2v) is 7.20. The van der Waals surface area contributed by atoms with Gasteiger partial charge in [0.25, 0.3) is 11.8 Å². The predicted molar refractivity (Wildman–Crippen MR) is 114 cm³/mol. The molecular weight excluding hydrogens is 380 g/mol. The summed E-state index contributed by atoms with van der Waals surface area (Å²) in [6.45, 7) is 1.93. The molecule has 2 amide bonds. The molecule has 4 rings (SSSR count). The Morgan fingerprint density at radius 1 is 0.900 bits per heavy atom. The van der Waals surface area contributed by atoms with Crippen molar-refractivity contribution >= 4 is 29.2 Å². The molecule has 0 aromatic heterocycles. The molecule has 3 aromatic rings. The molecule has 1 aliphatic heterocycles. The number of carbonyl (C=O) groups is 3. The van der Waals surface area contributed by atoms with Gasteiger partial charge in [0.15, 0.2) is 0 Å². The van der Waals surface area contributed by atoms with Crippen LogP contribution in [0.4, 0.5) is 11.4 Å². The van der Waals surface area contributed by atoms with Crippen LogP contribution in [0, 0.1) is 6.92 Å². The number of benzene rings is 3. The average Bonchev–Trinajstić information content (AvgIpc) is 2.98. The Morgan fingerprint density at radius 3 is 2.27 bits per heavy atom. The number of esters is 1. The summed E-state index contributed by atoms with van der Waals surface area (Å²) in [4.78, 5) is 38.9. The number of imide groups is 1. The molecule has 0 unspecified atom stereocenters. The van der Waals surface area contributed by atoms with Crippen LogP contribution in [0.3, 0.4) is 0 Å². The second kappa shape index (κ2) is 7.83. The molecule has 3 aromatic carbocycles. The molecule has 150 valence electrons. The number of hydrogen-bond acceptors (Lipinski definition) is 5. The third-order valence-electron chi connectivity index (χ3n) is 4.98. The topological polar surface area (TPSA) is 89.7 Å². The first kappa shape index (κ1) is 19.4. The second-order valence-electron chi connectivity index (χ2n) is 7.20. The van der Waals surface area contributed by atoms with E-state index in [4.69, 9.17) is 10.5 Å². The summed E-state index contributed by atoms with van der Waals surface area (Å²) < 4.78 is 5.38. The molecule has 0 spiro atoms. The monoisotopic (exact) mass is 400 g/mol. The van der Waals surface area contributed by atoms with E-state index in [9.17, 15) is 14.4 Å². The Morgan fingerprint density at radius 2 is 1.57 bits per heavy atom. The quantitative estimate of drug-likeness (QED) is 0.303.